The highest BCUT2D eigenvalue weighted by molar-refractivity contribution is 14.0. The molecule has 8 nitrogen and oxygen atoms in total. The van der Waals surface area contributed by atoms with E-state index in [1.807, 2.05) is 20.8 Å². The van der Waals surface area contributed by atoms with Gasteiger partial charge in [0, 0.05) is 46.9 Å². The van der Waals surface area contributed by atoms with Crippen LogP contribution < -0.4 is 5.32 Å². The number of rotatable bonds is 5. The van der Waals surface area contributed by atoms with Gasteiger partial charge in [0.05, 0.1) is 12.7 Å². The highest BCUT2D eigenvalue weighted by Crippen LogP contribution is 2.21. The minimum absolute atomic E-state index is 0. The Labute approximate surface area is 192 Å². The van der Waals surface area contributed by atoms with Crippen molar-refractivity contribution in [2.75, 3.05) is 53.5 Å². The lowest BCUT2D eigenvalue weighted by Crippen LogP contribution is -2.54. The van der Waals surface area contributed by atoms with Crippen molar-refractivity contribution in [3.8, 4) is 0 Å². The maximum Gasteiger partial charge on any atom is 0.410 e. The summed E-state index contributed by atoms with van der Waals surface area (Å²) in [6.45, 7) is 12.2. The van der Waals surface area contributed by atoms with Crippen molar-refractivity contribution in [2.24, 2.45) is 10.9 Å². The molecule has 1 N–H and O–H groups in total. The van der Waals surface area contributed by atoms with E-state index < -0.39 is 5.60 Å². The minimum atomic E-state index is -0.481. The fourth-order valence-electron chi connectivity index (χ4n) is 3.53. The van der Waals surface area contributed by atoms with E-state index in [4.69, 9.17) is 14.2 Å². The van der Waals surface area contributed by atoms with Crippen molar-refractivity contribution < 1.29 is 19.0 Å². The van der Waals surface area contributed by atoms with Crippen LogP contribution in [0.5, 0.6) is 0 Å². The molecule has 2 heterocycles. The van der Waals surface area contributed by atoms with Crippen LogP contribution in [0.1, 0.15) is 40.5 Å². The number of guanidine groups is 1. The van der Waals surface area contributed by atoms with Crippen molar-refractivity contribution in [3.63, 3.8) is 0 Å². The Morgan fingerprint density at radius 1 is 1.31 bits per heavy atom. The van der Waals surface area contributed by atoms with Crippen molar-refractivity contribution in [1.82, 2.24) is 15.1 Å². The van der Waals surface area contributed by atoms with Crippen LogP contribution in [0.25, 0.3) is 0 Å². The van der Waals surface area contributed by atoms with Crippen molar-refractivity contribution in [3.05, 3.63) is 0 Å². The summed E-state index contributed by atoms with van der Waals surface area (Å²) in [7, 11) is 3.57. The summed E-state index contributed by atoms with van der Waals surface area (Å²) >= 11 is 0. The average molecular weight is 526 g/mol. The van der Waals surface area contributed by atoms with Gasteiger partial charge in [0.1, 0.15) is 11.7 Å². The summed E-state index contributed by atoms with van der Waals surface area (Å²) in [4.78, 5) is 20.4. The van der Waals surface area contributed by atoms with E-state index in [1.165, 1.54) is 0 Å². The van der Waals surface area contributed by atoms with E-state index in [9.17, 15) is 4.79 Å². The van der Waals surface area contributed by atoms with Gasteiger partial charge < -0.3 is 29.3 Å². The Kier molecular flexibility index (Phi) is 11.0. The minimum Gasteiger partial charge on any atom is -0.444 e. The van der Waals surface area contributed by atoms with Crippen LogP contribution in [0, 0.1) is 5.92 Å². The lowest BCUT2D eigenvalue weighted by molar-refractivity contribution is -0.0817. The molecule has 0 aromatic heterocycles. The molecule has 2 fully saturated rings. The first-order chi connectivity index (χ1) is 13.2. The number of ether oxygens (including phenoxy) is 3. The monoisotopic (exact) mass is 526 g/mol. The molecule has 0 spiro atoms. The predicted molar refractivity (Wildman–Crippen MR) is 125 cm³/mol. The van der Waals surface area contributed by atoms with Crippen LogP contribution in [-0.4, -0.2) is 93.1 Å². The normalized spacial score (nSPS) is 23.9. The summed E-state index contributed by atoms with van der Waals surface area (Å²) < 4.78 is 17.1. The third-order valence-electron chi connectivity index (χ3n) is 4.88. The van der Waals surface area contributed by atoms with Gasteiger partial charge in [-0.1, -0.05) is 6.92 Å². The molecule has 3 unspecified atom stereocenters. The van der Waals surface area contributed by atoms with E-state index in [0.29, 0.717) is 13.2 Å². The second kappa shape index (κ2) is 12.1. The molecule has 9 heteroatoms. The molecule has 2 aliphatic rings. The predicted octanol–water partition coefficient (Wildman–Crippen LogP) is 2.56. The van der Waals surface area contributed by atoms with Crippen LogP contribution >= 0.6 is 24.0 Å². The quantitative estimate of drug-likeness (QED) is 0.337. The molecule has 29 heavy (non-hydrogen) atoms. The van der Waals surface area contributed by atoms with E-state index in [1.54, 1.807) is 19.0 Å². The smallest absolute Gasteiger partial charge is 0.410 e. The summed E-state index contributed by atoms with van der Waals surface area (Å²) in [5.74, 6) is 1.13. The zero-order valence-corrected chi connectivity index (χ0v) is 21.1. The number of carbonyl (C=O) groups is 1. The number of aliphatic imine (C=N–C) groups is 1. The fraction of sp³-hybridized carbons (Fsp3) is 0.900. The highest BCUT2D eigenvalue weighted by Gasteiger charge is 2.32. The van der Waals surface area contributed by atoms with Crippen molar-refractivity contribution in [2.45, 2.75) is 58.3 Å². The number of nitrogens with one attached hydrogen (secondary N) is 1. The van der Waals surface area contributed by atoms with E-state index in [-0.39, 0.29) is 48.2 Å². The Morgan fingerprint density at radius 2 is 2.00 bits per heavy atom. The number of carbonyl (C=O) groups excluding carboxylic acids is 1. The molecule has 170 valence electrons. The van der Waals surface area contributed by atoms with E-state index in [2.05, 4.69) is 22.1 Å². The van der Waals surface area contributed by atoms with Gasteiger partial charge in [-0.05, 0) is 39.5 Å². The molecule has 2 saturated heterocycles. The molecule has 2 rings (SSSR count). The third kappa shape index (κ3) is 8.84. The zero-order chi connectivity index (χ0) is 20.7. The number of hydrogen-bond donors (Lipinski definition) is 1. The molecular formula is C20H39IN4O4. The highest BCUT2D eigenvalue weighted by atomic mass is 127. The SMILES string of the molecule is CN=C(NCC(C)CN(C)C(=O)OC(C)(C)C)N1CCOC(C2CCCO2)C1.I. The van der Waals surface area contributed by atoms with Crippen molar-refractivity contribution >= 4 is 36.0 Å². The van der Waals surface area contributed by atoms with Gasteiger partial charge in [-0.15, -0.1) is 24.0 Å². The van der Waals surface area contributed by atoms with Crippen LogP contribution in [0.2, 0.25) is 0 Å². The molecule has 0 bridgehead atoms. The first-order valence-corrected chi connectivity index (χ1v) is 10.3. The summed E-state index contributed by atoms with van der Waals surface area (Å²) in [5.41, 5.74) is -0.481. The fourth-order valence-corrected chi connectivity index (χ4v) is 3.53. The molecule has 2 aliphatic heterocycles. The zero-order valence-electron chi connectivity index (χ0n) is 18.8. The molecular weight excluding hydrogens is 487 g/mol. The molecule has 3 atom stereocenters. The van der Waals surface area contributed by atoms with Gasteiger partial charge in [-0.2, -0.15) is 0 Å². The van der Waals surface area contributed by atoms with E-state index >= 15 is 0 Å². The Balaban J connectivity index is 0.00000420. The first kappa shape index (κ1) is 26.2. The van der Waals surface area contributed by atoms with Gasteiger partial charge >= 0.3 is 6.09 Å². The maximum absolute atomic E-state index is 12.1. The van der Waals surface area contributed by atoms with Gasteiger partial charge in [0.25, 0.3) is 0 Å². The number of hydrogen-bond acceptors (Lipinski definition) is 5. The molecule has 0 aliphatic carbocycles. The largest absolute Gasteiger partial charge is 0.444 e. The van der Waals surface area contributed by atoms with Gasteiger partial charge in [0.2, 0.25) is 0 Å². The summed E-state index contributed by atoms with van der Waals surface area (Å²) in [6, 6.07) is 0. The summed E-state index contributed by atoms with van der Waals surface area (Å²) in [5, 5.41) is 3.44. The van der Waals surface area contributed by atoms with E-state index in [0.717, 1.165) is 45.0 Å². The second-order valence-electron chi connectivity index (χ2n) is 8.80. The summed E-state index contributed by atoms with van der Waals surface area (Å²) in [6.07, 6.45) is 2.18. The maximum atomic E-state index is 12.1. The molecule has 1 amide bonds. The van der Waals surface area contributed by atoms with Crippen molar-refractivity contribution in [1.29, 1.82) is 0 Å². The lowest BCUT2D eigenvalue weighted by Gasteiger charge is -2.37. The van der Waals surface area contributed by atoms with Crippen LogP contribution in [-0.2, 0) is 14.2 Å². The number of nitrogens with zero attached hydrogens (tertiary/aromatic N) is 3. The van der Waals surface area contributed by atoms with Gasteiger partial charge in [-0.3, -0.25) is 4.99 Å². The lowest BCUT2D eigenvalue weighted by atomic mass is 10.1. The number of halogens is 1. The molecule has 0 aromatic rings. The van der Waals surface area contributed by atoms with Crippen LogP contribution in [0.3, 0.4) is 0 Å². The second-order valence-corrected chi connectivity index (χ2v) is 8.80. The van der Waals surface area contributed by atoms with Gasteiger partial charge in [0.15, 0.2) is 5.96 Å². The topological polar surface area (TPSA) is 75.6 Å². The Morgan fingerprint density at radius 3 is 2.59 bits per heavy atom. The van der Waals surface area contributed by atoms with Gasteiger partial charge in [-0.25, -0.2) is 4.79 Å². The molecule has 0 aromatic carbocycles. The average Bonchev–Trinajstić information content (AvgIpc) is 3.15. The molecule has 0 radical (unpaired) electrons. The Hall–Kier alpha value is -0.810. The number of morpholine rings is 1. The first-order valence-electron chi connectivity index (χ1n) is 10.3. The number of amides is 1. The van der Waals surface area contributed by atoms with Crippen LogP contribution in [0.15, 0.2) is 4.99 Å². The third-order valence-corrected chi connectivity index (χ3v) is 4.88. The molecule has 0 saturated carbocycles. The van der Waals surface area contributed by atoms with Crippen LogP contribution in [0.4, 0.5) is 4.79 Å². The standard InChI is InChI=1S/C20H38N4O4.HI/c1-15(13-23(6)19(25)28-20(2,3)4)12-22-18(21-5)24-9-11-27-17(14-24)16-8-7-10-26-16;/h15-17H,7-14H2,1-6H3,(H,21,22);1H. The Bertz CT molecular complexity index is 535.